The number of nitrogens with zero attached hydrogens (tertiary/aromatic N) is 2. The minimum absolute atomic E-state index is 0.0312. The third-order valence-corrected chi connectivity index (χ3v) is 9.34. The first kappa shape index (κ1) is 30.6. The number of amides is 3. The van der Waals surface area contributed by atoms with E-state index in [1.807, 2.05) is 47.4 Å². The molecule has 2 heterocycles. The molecule has 6 rings (SSSR count). The van der Waals surface area contributed by atoms with Crippen LogP contribution in [-0.2, 0) is 17.6 Å². The first-order valence-electron chi connectivity index (χ1n) is 15.5. The molecule has 3 amide bonds. The lowest BCUT2D eigenvalue weighted by atomic mass is 9.81. The van der Waals surface area contributed by atoms with Crippen LogP contribution in [0.25, 0.3) is 11.3 Å². The van der Waals surface area contributed by atoms with Gasteiger partial charge in [0.05, 0.1) is 6.04 Å². The van der Waals surface area contributed by atoms with Gasteiger partial charge >= 0.3 is 0 Å². The average Bonchev–Trinajstić information content (AvgIpc) is 3.68. The van der Waals surface area contributed by atoms with Gasteiger partial charge in [-0.2, -0.15) is 0 Å². The van der Waals surface area contributed by atoms with Crippen LogP contribution in [0, 0.1) is 11.8 Å². The first-order chi connectivity index (χ1) is 21.8. The van der Waals surface area contributed by atoms with Crippen LogP contribution in [0.4, 0.5) is 5.69 Å². The third-order valence-electron chi connectivity index (χ3n) is 9.06. The number of carbonyl (C=O) groups is 3. The van der Waals surface area contributed by atoms with Crippen LogP contribution < -0.4 is 21.7 Å². The molecule has 1 unspecified atom stereocenters. The molecular formula is C35H37ClN6O3. The number of carbonyl (C=O) groups excluding carboxylic acids is 3. The van der Waals surface area contributed by atoms with Gasteiger partial charge in [-0.05, 0) is 92.4 Å². The van der Waals surface area contributed by atoms with Crippen molar-refractivity contribution in [1.29, 1.82) is 0 Å². The van der Waals surface area contributed by atoms with Gasteiger partial charge in [-0.1, -0.05) is 54.1 Å². The average molecular weight is 625 g/mol. The van der Waals surface area contributed by atoms with E-state index in [1.54, 1.807) is 24.3 Å². The fourth-order valence-corrected chi connectivity index (χ4v) is 6.70. The number of hydrogen-bond donors (Lipinski definition) is 4. The van der Waals surface area contributed by atoms with Crippen LogP contribution in [0.15, 0.2) is 72.8 Å². The number of benzene rings is 3. The second-order valence-electron chi connectivity index (χ2n) is 12.0. The molecule has 4 aromatic rings. The van der Waals surface area contributed by atoms with E-state index in [0.717, 1.165) is 43.4 Å². The number of nitrogens with two attached hydrogens (primary N) is 2. The Balaban J connectivity index is 1.27. The maximum Gasteiger partial charge on any atom is 0.258 e. The Hall–Kier alpha value is -4.47. The molecule has 1 fully saturated rings. The van der Waals surface area contributed by atoms with Gasteiger partial charge < -0.3 is 26.7 Å². The van der Waals surface area contributed by atoms with Gasteiger partial charge in [0, 0.05) is 34.8 Å². The topological polar surface area (TPSA) is 147 Å². The van der Waals surface area contributed by atoms with E-state index in [2.05, 4.69) is 16.4 Å². The Morgan fingerprint density at radius 1 is 0.978 bits per heavy atom. The standard InChI is InChI=1S/C35H37ClN6O3/c36-31-30(24-12-14-25(15-13-24)32(38)43)40-33(41-31)28(39-34(44)26-10-8-21(20-37)9-11-26)19-22-4-3-6-27(18-22)35(45)42-17-16-23-5-1-2-7-29(23)42/h1-7,12-15,18,21,26,28H,8-11,16-17,19-20,37H2,(H2,38,43)(H,39,44)(H,40,41). The van der Waals surface area contributed by atoms with Crippen molar-refractivity contribution in [2.75, 3.05) is 18.0 Å². The predicted molar refractivity (Wildman–Crippen MR) is 175 cm³/mol. The molecule has 1 aromatic heterocycles. The molecule has 232 valence electrons. The molecule has 1 saturated carbocycles. The van der Waals surface area contributed by atoms with Crippen molar-refractivity contribution in [3.8, 4) is 11.3 Å². The molecule has 0 saturated heterocycles. The SMILES string of the molecule is NCC1CCC(C(=O)NC(Cc2cccc(C(=O)N3CCc4ccccc43)c2)c2nc(-c3ccc(C(N)=O)cc3)c(Cl)[nH]2)CC1. The maximum atomic E-state index is 13.6. The molecule has 45 heavy (non-hydrogen) atoms. The van der Waals surface area contributed by atoms with Crippen LogP contribution in [0.1, 0.15) is 69.4 Å². The summed E-state index contributed by atoms with van der Waals surface area (Å²) >= 11 is 6.64. The van der Waals surface area contributed by atoms with E-state index < -0.39 is 11.9 Å². The van der Waals surface area contributed by atoms with Gasteiger partial charge in [0.15, 0.2) is 0 Å². The number of nitrogens with one attached hydrogen (secondary N) is 2. The van der Waals surface area contributed by atoms with Crippen LogP contribution in [-0.4, -0.2) is 40.8 Å². The first-order valence-corrected chi connectivity index (χ1v) is 15.8. The van der Waals surface area contributed by atoms with E-state index in [1.165, 1.54) is 5.56 Å². The summed E-state index contributed by atoms with van der Waals surface area (Å²) < 4.78 is 0. The van der Waals surface area contributed by atoms with Crippen molar-refractivity contribution < 1.29 is 14.4 Å². The number of aromatic nitrogens is 2. The highest BCUT2D eigenvalue weighted by Crippen LogP contribution is 2.32. The van der Waals surface area contributed by atoms with Gasteiger partial charge in [0.2, 0.25) is 11.8 Å². The molecule has 0 spiro atoms. The molecule has 1 aliphatic heterocycles. The summed E-state index contributed by atoms with van der Waals surface area (Å²) in [6, 6.07) is 21.7. The smallest absolute Gasteiger partial charge is 0.258 e. The summed E-state index contributed by atoms with van der Waals surface area (Å²) in [5, 5.41) is 3.55. The fraction of sp³-hybridized carbons (Fsp3) is 0.314. The van der Waals surface area contributed by atoms with E-state index in [4.69, 9.17) is 28.1 Å². The van der Waals surface area contributed by atoms with Gasteiger partial charge in [-0.3, -0.25) is 14.4 Å². The van der Waals surface area contributed by atoms with Gasteiger partial charge in [0.25, 0.3) is 5.91 Å². The second-order valence-corrected chi connectivity index (χ2v) is 12.4. The summed E-state index contributed by atoms with van der Waals surface area (Å²) in [6.07, 6.45) is 4.67. The predicted octanol–water partition coefficient (Wildman–Crippen LogP) is 5.20. The molecule has 10 heteroatoms. The van der Waals surface area contributed by atoms with Crippen LogP contribution in [0.5, 0.6) is 0 Å². The summed E-state index contributed by atoms with van der Waals surface area (Å²) in [4.78, 5) is 48.5. The largest absolute Gasteiger partial charge is 0.366 e. The number of halogens is 1. The molecule has 1 aliphatic carbocycles. The molecule has 0 radical (unpaired) electrons. The minimum atomic E-state index is -0.529. The molecule has 2 aliphatic rings. The normalized spacial score (nSPS) is 18.3. The highest BCUT2D eigenvalue weighted by atomic mass is 35.5. The van der Waals surface area contributed by atoms with Crippen molar-refractivity contribution >= 4 is 35.0 Å². The van der Waals surface area contributed by atoms with Crippen molar-refractivity contribution in [3.63, 3.8) is 0 Å². The van der Waals surface area contributed by atoms with Crippen molar-refractivity contribution in [3.05, 3.63) is 106 Å². The third kappa shape index (κ3) is 6.65. The van der Waals surface area contributed by atoms with E-state index in [0.29, 0.717) is 58.8 Å². The number of aromatic amines is 1. The second kappa shape index (κ2) is 13.3. The van der Waals surface area contributed by atoms with E-state index in [-0.39, 0.29) is 17.7 Å². The number of para-hydroxylation sites is 1. The van der Waals surface area contributed by atoms with Crippen molar-refractivity contribution in [1.82, 2.24) is 15.3 Å². The zero-order chi connectivity index (χ0) is 31.5. The monoisotopic (exact) mass is 624 g/mol. The Labute approximate surface area is 267 Å². The molecule has 6 N–H and O–H groups in total. The zero-order valence-electron chi connectivity index (χ0n) is 25.0. The number of H-pyrrole nitrogens is 1. The highest BCUT2D eigenvalue weighted by molar-refractivity contribution is 6.32. The van der Waals surface area contributed by atoms with Crippen LogP contribution in [0.3, 0.4) is 0 Å². The molecule has 9 nitrogen and oxygen atoms in total. The fourth-order valence-electron chi connectivity index (χ4n) is 6.46. The summed E-state index contributed by atoms with van der Waals surface area (Å²) in [7, 11) is 0. The van der Waals surface area contributed by atoms with Crippen molar-refractivity contribution in [2.45, 2.75) is 44.6 Å². The Morgan fingerprint density at radius 2 is 1.73 bits per heavy atom. The van der Waals surface area contributed by atoms with Gasteiger partial charge in [0.1, 0.15) is 16.7 Å². The number of imidazole rings is 1. The zero-order valence-corrected chi connectivity index (χ0v) is 25.7. The number of rotatable bonds is 9. The maximum absolute atomic E-state index is 13.6. The summed E-state index contributed by atoms with van der Waals surface area (Å²) in [5.41, 5.74) is 16.4. The number of hydrogen-bond acceptors (Lipinski definition) is 5. The van der Waals surface area contributed by atoms with E-state index in [9.17, 15) is 14.4 Å². The van der Waals surface area contributed by atoms with E-state index >= 15 is 0 Å². The molecule has 3 aromatic carbocycles. The van der Waals surface area contributed by atoms with Gasteiger partial charge in [-0.25, -0.2) is 4.98 Å². The molecule has 1 atom stereocenters. The quantitative estimate of drug-likeness (QED) is 0.202. The highest BCUT2D eigenvalue weighted by Gasteiger charge is 2.30. The van der Waals surface area contributed by atoms with Crippen LogP contribution in [0.2, 0.25) is 5.15 Å². The number of anilines is 1. The van der Waals surface area contributed by atoms with Crippen molar-refractivity contribution in [2.24, 2.45) is 23.3 Å². The lowest BCUT2D eigenvalue weighted by molar-refractivity contribution is -0.127. The van der Waals surface area contributed by atoms with Crippen LogP contribution >= 0.6 is 11.6 Å². The lowest BCUT2D eigenvalue weighted by Gasteiger charge is -2.28. The minimum Gasteiger partial charge on any atom is -0.366 e. The Bertz CT molecular complexity index is 1710. The summed E-state index contributed by atoms with van der Waals surface area (Å²) in [6.45, 7) is 1.28. The molecular weight excluding hydrogens is 588 g/mol. The molecule has 0 bridgehead atoms. The Kier molecular flexibility index (Phi) is 9.00. The number of primary amides is 1. The summed E-state index contributed by atoms with van der Waals surface area (Å²) in [5.74, 6) is 0.249. The van der Waals surface area contributed by atoms with Gasteiger partial charge in [-0.15, -0.1) is 0 Å². The lowest BCUT2D eigenvalue weighted by Crippen LogP contribution is -2.37. The number of fused-ring (bicyclic) bond motifs is 1. The Morgan fingerprint density at radius 3 is 2.47 bits per heavy atom.